The fraction of sp³-hybridized carbons (Fsp3) is 0.250. The Morgan fingerprint density at radius 3 is 2.34 bits per heavy atom. The fourth-order valence-corrected chi connectivity index (χ4v) is 3.91. The molecule has 1 unspecified atom stereocenters. The number of carbonyl (C=O) groups is 2. The summed E-state index contributed by atoms with van der Waals surface area (Å²) in [4.78, 5) is 26.4. The van der Waals surface area contributed by atoms with Crippen molar-refractivity contribution in [3.8, 4) is 11.8 Å². The van der Waals surface area contributed by atoms with Crippen LogP contribution in [0.3, 0.4) is 0 Å². The predicted octanol–water partition coefficient (Wildman–Crippen LogP) is 4.64. The van der Waals surface area contributed by atoms with E-state index in [2.05, 4.69) is 5.32 Å². The summed E-state index contributed by atoms with van der Waals surface area (Å²) in [5.41, 5.74) is 3.42. The quantitative estimate of drug-likeness (QED) is 0.419. The largest absolute Gasteiger partial charge is 0.497 e. The van der Waals surface area contributed by atoms with Crippen LogP contribution < -0.4 is 10.1 Å². The van der Waals surface area contributed by atoms with Crippen LogP contribution in [0, 0.1) is 11.3 Å². The molecule has 1 N–H and O–H groups in total. The molecule has 0 radical (unpaired) electrons. The average Bonchev–Trinajstić information content (AvgIpc) is 2.86. The van der Waals surface area contributed by atoms with Crippen molar-refractivity contribution in [2.75, 3.05) is 20.3 Å². The van der Waals surface area contributed by atoms with Crippen molar-refractivity contribution in [2.45, 2.75) is 26.2 Å². The minimum Gasteiger partial charge on any atom is -0.497 e. The molecule has 0 fully saturated rings. The highest BCUT2D eigenvalue weighted by Crippen LogP contribution is 2.40. The van der Waals surface area contributed by atoms with E-state index in [1.165, 1.54) is 0 Å². The van der Waals surface area contributed by atoms with E-state index in [-0.39, 0.29) is 25.2 Å². The zero-order valence-electron chi connectivity index (χ0n) is 20.0. The number of allylic oxidation sites excluding steroid dienone is 2. The Labute approximate surface area is 205 Å². The van der Waals surface area contributed by atoms with Gasteiger partial charge >= 0.3 is 11.9 Å². The standard InChI is InChI=1S/C28H28N2O5/c1-19-24(27(31)34-16-8-12-21-10-5-4-6-11-21)26(22-13-7-14-23(18-22)33-3)25(20(2)30-19)28(32)35-17-9-15-29/h4-8,10-14,18,26,30H,9,16-17H2,1-3H3. The first-order valence-corrected chi connectivity index (χ1v) is 11.2. The molecule has 0 saturated heterocycles. The Hall–Kier alpha value is -4.31. The van der Waals surface area contributed by atoms with Crippen LogP contribution in [-0.2, 0) is 19.1 Å². The summed E-state index contributed by atoms with van der Waals surface area (Å²) in [6.07, 6.45) is 3.71. The van der Waals surface area contributed by atoms with Gasteiger partial charge in [0.2, 0.25) is 0 Å². The van der Waals surface area contributed by atoms with Crippen LogP contribution in [0.2, 0.25) is 0 Å². The highest BCUT2D eigenvalue weighted by Gasteiger charge is 2.38. The molecule has 2 aromatic rings. The zero-order valence-corrected chi connectivity index (χ0v) is 20.0. The Kier molecular flexibility index (Phi) is 8.85. The molecule has 3 rings (SSSR count). The molecule has 2 aromatic carbocycles. The third kappa shape index (κ3) is 6.39. The number of hydrogen-bond acceptors (Lipinski definition) is 7. The third-order valence-corrected chi connectivity index (χ3v) is 5.49. The predicted molar refractivity (Wildman–Crippen MR) is 132 cm³/mol. The van der Waals surface area contributed by atoms with Crippen molar-refractivity contribution < 1.29 is 23.8 Å². The molecule has 180 valence electrons. The molecule has 0 amide bonds. The summed E-state index contributed by atoms with van der Waals surface area (Å²) in [7, 11) is 1.55. The molecular weight excluding hydrogens is 444 g/mol. The van der Waals surface area contributed by atoms with Crippen LogP contribution in [0.15, 0.2) is 83.2 Å². The van der Waals surface area contributed by atoms with Gasteiger partial charge in [-0.1, -0.05) is 48.5 Å². The molecule has 0 aromatic heterocycles. The number of rotatable bonds is 9. The van der Waals surface area contributed by atoms with Crippen molar-refractivity contribution in [2.24, 2.45) is 0 Å². The van der Waals surface area contributed by atoms with E-state index in [0.29, 0.717) is 28.3 Å². The van der Waals surface area contributed by atoms with Crippen LogP contribution in [-0.4, -0.2) is 32.3 Å². The summed E-state index contributed by atoms with van der Waals surface area (Å²) in [6.45, 7) is 3.55. The fourth-order valence-electron chi connectivity index (χ4n) is 3.91. The van der Waals surface area contributed by atoms with Crippen LogP contribution in [0.4, 0.5) is 0 Å². The molecule has 7 heteroatoms. The number of esters is 2. The number of benzene rings is 2. The van der Waals surface area contributed by atoms with Gasteiger partial charge in [0.25, 0.3) is 0 Å². The average molecular weight is 473 g/mol. The van der Waals surface area contributed by atoms with Crippen molar-refractivity contribution in [1.82, 2.24) is 5.32 Å². The molecule has 35 heavy (non-hydrogen) atoms. The number of nitriles is 1. The first kappa shape index (κ1) is 25.3. The zero-order chi connectivity index (χ0) is 25.2. The van der Waals surface area contributed by atoms with Gasteiger partial charge in [-0.05, 0) is 43.2 Å². The second kappa shape index (κ2) is 12.2. The lowest BCUT2D eigenvalue weighted by molar-refractivity contribution is -0.139. The molecule has 0 saturated carbocycles. The molecule has 1 heterocycles. The summed E-state index contributed by atoms with van der Waals surface area (Å²) in [5.74, 6) is -1.28. The number of ether oxygens (including phenoxy) is 3. The van der Waals surface area contributed by atoms with E-state index in [1.54, 1.807) is 45.2 Å². The van der Waals surface area contributed by atoms with E-state index in [1.807, 2.05) is 48.5 Å². The smallest absolute Gasteiger partial charge is 0.337 e. The number of hydrogen-bond donors (Lipinski definition) is 1. The van der Waals surface area contributed by atoms with Gasteiger partial charge in [0, 0.05) is 11.4 Å². The topological polar surface area (TPSA) is 97.7 Å². The first-order valence-electron chi connectivity index (χ1n) is 11.2. The van der Waals surface area contributed by atoms with Gasteiger partial charge in [0.1, 0.15) is 19.0 Å². The second-order valence-electron chi connectivity index (χ2n) is 7.87. The van der Waals surface area contributed by atoms with Crippen molar-refractivity contribution in [3.05, 3.63) is 94.3 Å². The maximum Gasteiger partial charge on any atom is 0.337 e. The molecule has 7 nitrogen and oxygen atoms in total. The van der Waals surface area contributed by atoms with E-state index < -0.39 is 17.9 Å². The van der Waals surface area contributed by atoms with Crippen LogP contribution in [0.5, 0.6) is 5.75 Å². The van der Waals surface area contributed by atoms with Gasteiger partial charge in [-0.3, -0.25) is 0 Å². The molecule has 0 aliphatic carbocycles. The number of dihydropyridines is 1. The minimum absolute atomic E-state index is 0.0380. The molecule has 0 spiro atoms. The van der Waals surface area contributed by atoms with Crippen molar-refractivity contribution >= 4 is 18.0 Å². The molecular formula is C28H28N2O5. The molecule has 0 bridgehead atoms. The third-order valence-electron chi connectivity index (χ3n) is 5.49. The Morgan fingerprint density at radius 1 is 1.00 bits per heavy atom. The summed E-state index contributed by atoms with van der Waals surface area (Å²) in [6, 6.07) is 18.8. The van der Waals surface area contributed by atoms with Gasteiger partial charge in [-0.25, -0.2) is 9.59 Å². The molecule has 1 aliphatic heterocycles. The van der Waals surface area contributed by atoms with Gasteiger partial charge in [-0.2, -0.15) is 5.26 Å². The van der Waals surface area contributed by atoms with Crippen molar-refractivity contribution in [1.29, 1.82) is 5.26 Å². The number of nitrogens with one attached hydrogen (secondary N) is 1. The maximum absolute atomic E-state index is 13.3. The lowest BCUT2D eigenvalue weighted by atomic mass is 9.80. The van der Waals surface area contributed by atoms with Gasteiger partial charge in [-0.15, -0.1) is 0 Å². The number of nitrogens with zero attached hydrogens (tertiary/aromatic N) is 1. The Morgan fingerprint density at radius 2 is 1.69 bits per heavy atom. The van der Waals surface area contributed by atoms with Gasteiger partial charge < -0.3 is 19.5 Å². The SMILES string of the molecule is COc1cccc(C2C(C(=O)OCC=Cc3ccccc3)=C(C)NC(C)=C2C(=O)OCCC#N)c1. The number of carbonyl (C=O) groups excluding carboxylic acids is 2. The van der Waals surface area contributed by atoms with Gasteiger partial charge in [0.15, 0.2) is 0 Å². The maximum atomic E-state index is 13.3. The highest BCUT2D eigenvalue weighted by atomic mass is 16.5. The Bertz CT molecular complexity index is 1210. The van der Waals surface area contributed by atoms with Crippen LogP contribution >= 0.6 is 0 Å². The van der Waals surface area contributed by atoms with E-state index in [0.717, 1.165) is 5.56 Å². The summed E-state index contributed by atoms with van der Waals surface area (Å²) >= 11 is 0. The molecule has 1 atom stereocenters. The summed E-state index contributed by atoms with van der Waals surface area (Å²) in [5, 5.41) is 11.9. The van der Waals surface area contributed by atoms with E-state index >= 15 is 0 Å². The van der Waals surface area contributed by atoms with E-state index in [9.17, 15) is 9.59 Å². The number of methoxy groups -OCH3 is 1. The Balaban J connectivity index is 1.91. The van der Waals surface area contributed by atoms with Crippen molar-refractivity contribution in [3.63, 3.8) is 0 Å². The lowest BCUT2D eigenvalue weighted by Gasteiger charge is -2.30. The van der Waals surface area contributed by atoms with Crippen LogP contribution in [0.25, 0.3) is 6.08 Å². The normalized spacial score (nSPS) is 15.4. The minimum atomic E-state index is -0.730. The van der Waals surface area contributed by atoms with Crippen LogP contribution in [0.1, 0.15) is 37.3 Å². The van der Waals surface area contributed by atoms with E-state index in [4.69, 9.17) is 19.5 Å². The molecule has 1 aliphatic rings. The first-order chi connectivity index (χ1) is 17.0. The summed E-state index contributed by atoms with van der Waals surface area (Å²) < 4.78 is 16.3. The monoisotopic (exact) mass is 472 g/mol. The highest BCUT2D eigenvalue weighted by molar-refractivity contribution is 6.00. The van der Waals surface area contributed by atoms with Gasteiger partial charge in [0.05, 0.1) is 36.7 Å². The second-order valence-corrected chi connectivity index (χ2v) is 7.87. The lowest BCUT2D eigenvalue weighted by Crippen LogP contribution is -2.32.